The highest BCUT2D eigenvalue weighted by Crippen LogP contribution is 2.30. The molecule has 2 aromatic carbocycles. The monoisotopic (exact) mass is 403 g/mol. The topological polar surface area (TPSA) is 120 Å². The number of aliphatic carboxylic acids is 2. The quantitative estimate of drug-likeness (QED) is 0.565. The first-order valence-corrected chi connectivity index (χ1v) is 8.53. The second-order valence-corrected chi connectivity index (χ2v) is 5.78. The fourth-order valence-corrected chi connectivity index (χ4v) is 2.25. The Morgan fingerprint density at radius 1 is 1.11 bits per heavy atom. The first-order valence-electron chi connectivity index (χ1n) is 8.16. The Kier molecular flexibility index (Phi) is 7.86. The van der Waals surface area contributed by atoms with Crippen molar-refractivity contribution in [2.45, 2.75) is 0 Å². The lowest BCUT2D eigenvalue weighted by atomic mass is 10.3. The summed E-state index contributed by atoms with van der Waals surface area (Å²) in [6, 6.07) is 15.0. The van der Waals surface area contributed by atoms with Crippen LogP contribution in [0.5, 0.6) is 11.5 Å². The standard InChI is InChI=1S/C15H14ClN3O.C4H4O4/c16-11-4-3-5-12(10-11)20-14-7-2-1-6-13(14)19-15-17-8-9-18-15;5-3(6)1-2-4(7)8/h1-7,10H,8-9H2,(H2,17,18,19);1-2H,(H,5,6)(H,7,8). The molecular formula is C19H18ClN3O5. The largest absolute Gasteiger partial charge is 0.478 e. The van der Waals surface area contributed by atoms with Crippen molar-refractivity contribution in [1.82, 2.24) is 5.32 Å². The molecule has 146 valence electrons. The number of rotatable bonds is 5. The minimum Gasteiger partial charge on any atom is -0.478 e. The first kappa shape index (κ1) is 20.8. The molecule has 0 saturated heterocycles. The normalized spacial score (nSPS) is 12.4. The maximum absolute atomic E-state index is 9.55. The summed E-state index contributed by atoms with van der Waals surface area (Å²) < 4.78 is 5.87. The highest BCUT2D eigenvalue weighted by Gasteiger charge is 2.09. The third-order valence-electron chi connectivity index (χ3n) is 3.21. The minimum absolute atomic E-state index is 0.558. The number of anilines is 1. The summed E-state index contributed by atoms with van der Waals surface area (Å²) in [5.41, 5.74) is 0.862. The lowest BCUT2D eigenvalue weighted by molar-refractivity contribution is -0.134. The van der Waals surface area contributed by atoms with Gasteiger partial charge >= 0.3 is 11.9 Å². The van der Waals surface area contributed by atoms with Crippen LogP contribution >= 0.6 is 11.6 Å². The van der Waals surface area contributed by atoms with E-state index in [2.05, 4.69) is 15.6 Å². The van der Waals surface area contributed by atoms with Crippen LogP contribution in [-0.2, 0) is 9.59 Å². The highest BCUT2D eigenvalue weighted by molar-refractivity contribution is 6.30. The van der Waals surface area contributed by atoms with Gasteiger partial charge in [0.05, 0.1) is 12.2 Å². The smallest absolute Gasteiger partial charge is 0.328 e. The zero-order valence-corrected chi connectivity index (χ0v) is 15.4. The van der Waals surface area contributed by atoms with E-state index in [1.165, 1.54) is 0 Å². The van der Waals surface area contributed by atoms with Crippen LogP contribution in [0.25, 0.3) is 0 Å². The van der Waals surface area contributed by atoms with E-state index in [0.717, 1.165) is 30.5 Å². The fraction of sp³-hybridized carbons (Fsp3) is 0.105. The molecule has 4 N–H and O–H groups in total. The average Bonchev–Trinajstić information content (AvgIpc) is 3.15. The number of nitrogens with zero attached hydrogens (tertiary/aromatic N) is 1. The molecule has 1 heterocycles. The minimum atomic E-state index is -1.26. The Bertz CT molecular complexity index is 883. The first-order chi connectivity index (χ1) is 13.4. The molecular weight excluding hydrogens is 386 g/mol. The maximum atomic E-state index is 9.55. The van der Waals surface area contributed by atoms with E-state index in [1.54, 1.807) is 6.07 Å². The number of hydrogen-bond acceptors (Lipinski definition) is 6. The number of ether oxygens (including phenoxy) is 1. The Morgan fingerprint density at radius 3 is 2.43 bits per heavy atom. The van der Waals surface area contributed by atoms with E-state index in [0.29, 0.717) is 22.9 Å². The third-order valence-corrected chi connectivity index (χ3v) is 3.44. The van der Waals surface area contributed by atoms with Gasteiger partial charge in [0.2, 0.25) is 0 Å². The number of hydrogen-bond donors (Lipinski definition) is 4. The number of benzene rings is 2. The molecule has 0 amide bonds. The van der Waals surface area contributed by atoms with E-state index >= 15 is 0 Å². The van der Waals surface area contributed by atoms with Gasteiger partial charge in [-0.15, -0.1) is 0 Å². The van der Waals surface area contributed by atoms with Crippen LogP contribution in [-0.4, -0.2) is 41.2 Å². The molecule has 9 heteroatoms. The van der Waals surface area contributed by atoms with Gasteiger partial charge in [-0.1, -0.05) is 29.8 Å². The highest BCUT2D eigenvalue weighted by atomic mass is 35.5. The van der Waals surface area contributed by atoms with Crippen LogP contribution < -0.4 is 15.4 Å². The molecule has 0 unspecified atom stereocenters. The van der Waals surface area contributed by atoms with Crippen molar-refractivity contribution in [3.8, 4) is 11.5 Å². The summed E-state index contributed by atoms with van der Waals surface area (Å²) in [5.74, 6) is -0.314. The predicted molar refractivity (Wildman–Crippen MR) is 106 cm³/mol. The van der Waals surface area contributed by atoms with E-state index < -0.39 is 11.9 Å². The van der Waals surface area contributed by atoms with Gasteiger partial charge in [-0.3, -0.25) is 4.99 Å². The van der Waals surface area contributed by atoms with Crippen LogP contribution in [0.3, 0.4) is 0 Å². The lowest BCUT2D eigenvalue weighted by Gasteiger charge is -2.13. The molecule has 28 heavy (non-hydrogen) atoms. The van der Waals surface area contributed by atoms with Crippen LogP contribution in [0, 0.1) is 0 Å². The molecule has 0 bridgehead atoms. The number of halogens is 1. The van der Waals surface area contributed by atoms with E-state index in [4.69, 9.17) is 26.6 Å². The predicted octanol–water partition coefficient (Wildman–Crippen LogP) is 3.22. The number of nitrogens with one attached hydrogen (secondary N) is 2. The number of carboxylic acids is 2. The molecule has 1 aliphatic rings. The third kappa shape index (κ3) is 7.38. The van der Waals surface area contributed by atoms with Crippen molar-refractivity contribution in [3.63, 3.8) is 0 Å². The van der Waals surface area contributed by atoms with Gasteiger partial charge in [-0.2, -0.15) is 0 Å². The Hall–Kier alpha value is -3.52. The van der Waals surface area contributed by atoms with E-state index in [1.807, 2.05) is 42.5 Å². The molecule has 8 nitrogen and oxygen atoms in total. The molecule has 1 aliphatic heterocycles. The second-order valence-electron chi connectivity index (χ2n) is 5.35. The van der Waals surface area contributed by atoms with Crippen molar-refractivity contribution >= 4 is 35.2 Å². The van der Waals surface area contributed by atoms with Gasteiger partial charge in [-0.05, 0) is 30.3 Å². The number of guanidine groups is 1. The Labute approximate surface area is 166 Å². The van der Waals surface area contributed by atoms with Gasteiger partial charge in [-0.25, -0.2) is 9.59 Å². The van der Waals surface area contributed by atoms with E-state index in [9.17, 15) is 9.59 Å². The van der Waals surface area contributed by atoms with Crippen molar-refractivity contribution < 1.29 is 24.5 Å². The average molecular weight is 404 g/mol. The summed E-state index contributed by atoms with van der Waals surface area (Å²) >= 11 is 5.96. The summed E-state index contributed by atoms with van der Waals surface area (Å²) in [6.45, 7) is 1.65. The molecule has 0 aliphatic carbocycles. The zero-order valence-electron chi connectivity index (χ0n) is 14.6. The summed E-state index contributed by atoms with van der Waals surface area (Å²) in [6.07, 6.45) is 1.12. The molecule has 2 aromatic rings. The molecule has 0 atom stereocenters. The molecule has 0 aromatic heterocycles. The van der Waals surface area contributed by atoms with Crippen molar-refractivity contribution in [2.75, 3.05) is 18.4 Å². The number of para-hydroxylation sites is 2. The Morgan fingerprint density at radius 2 is 1.82 bits per heavy atom. The van der Waals surface area contributed by atoms with Gasteiger partial charge in [0.25, 0.3) is 0 Å². The number of carboxylic acid groups (broad SMARTS) is 2. The fourth-order valence-electron chi connectivity index (χ4n) is 2.07. The Balaban J connectivity index is 0.000000300. The summed E-state index contributed by atoms with van der Waals surface area (Å²) in [4.78, 5) is 23.4. The van der Waals surface area contributed by atoms with E-state index in [-0.39, 0.29) is 0 Å². The van der Waals surface area contributed by atoms with Crippen molar-refractivity contribution in [1.29, 1.82) is 0 Å². The van der Waals surface area contributed by atoms with Crippen LogP contribution in [0.15, 0.2) is 65.7 Å². The second kappa shape index (κ2) is 10.6. The van der Waals surface area contributed by atoms with Crippen LogP contribution in [0.1, 0.15) is 0 Å². The maximum Gasteiger partial charge on any atom is 0.328 e. The molecule has 0 fully saturated rings. The molecule has 0 radical (unpaired) electrons. The van der Waals surface area contributed by atoms with Crippen molar-refractivity contribution in [3.05, 3.63) is 65.7 Å². The SMILES string of the molecule is Clc1cccc(Oc2ccccc2NC2=NCCN2)c1.O=C(O)C=CC(=O)O. The number of aliphatic imine (C=N–C) groups is 1. The molecule has 0 spiro atoms. The van der Waals surface area contributed by atoms with Crippen LogP contribution in [0.2, 0.25) is 5.02 Å². The molecule has 3 rings (SSSR count). The molecule has 0 saturated carbocycles. The van der Waals surface area contributed by atoms with Gasteiger partial charge in [0.1, 0.15) is 5.75 Å². The van der Waals surface area contributed by atoms with Crippen molar-refractivity contribution in [2.24, 2.45) is 4.99 Å². The van der Waals surface area contributed by atoms with Gasteiger partial charge in [0.15, 0.2) is 11.7 Å². The summed E-state index contributed by atoms with van der Waals surface area (Å²) in [5, 5.41) is 22.7. The summed E-state index contributed by atoms with van der Waals surface area (Å²) in [7, 11) is 0. The number of carbonyl (C=O) groups is 2. The van der Waals surface area contributed by atoms with Crippen LogP contribution in [0.4, 0.5) is 5.69 Å². The van der Waals surface area contributed by atoms with Gasteiger partial charge in [0, 0.05) is 23.7 Å². The zero-order chi connectivity index (χ0) is 20.4. The lowest BCUT2D eigenvalue weighted by Crippen LogP contribution is -2.26. The van der Waals surface area contributed by atoms with Gasteiger partial charge < -0.3 is 25.6 Å².